The van der Waals surface area contributed by atoms with E-state index in [9.17, 15) is 22.8 Å². The van der Waals surface area contributed by atoms with Gasteiger partial charge in [0, 0.05) is 23.7 Å². The minimum Gasteiger partial charge on any atom is -0.365 e. The maximum Gasteiger partial charge on any atom is 0.433 e. The summed E-state index contributed by atoms with van der Waals surface area (Å²) in [6, 6.07) is 0.872. The Bertz CT molecular complexity index is 1450. The molecule has 178 valence electrons. The van der Waals surface area contributed by atoms with E-state index in [2.05, 4.69) is 20.5 Å². The highest BCUT2D eigenvalue weighted by Gasteiger charge is 2.35. The molecule has 0 aromatic carbocycles. The molecule has 34 heavy (non-hydrogen) atoms. The van der Waals surface area contributed by atoms with Gasteiger partial charge in [-0.05, 0) is 25.5 Å². The first kappa shape index (κ1) is 23.7. The van der Waals surface area contributed by atoms with Gasteiger partial charge in [0.15, 0.2) is 0 Å². The van der Waals surface area contributed by atoms with Gasteiger partial charge in [0.05, 0.1) is 28.8 Å². The largest absolute Gasteiger partial charge is 0.433 e. The molecule has 2 amide bonds. The monoisotopic (exact) mass is 511 g/mol. The fourth-order valence-electron chi connectivity index (χ4n) is 3.41. The molecule has 0 radical (unpaired) electrons. The molecule has 0 aliphatic carbocycles. The predicted octanol–water partition coefficient (Wildman–Crippen LogP) is 3.92. The first-order valence-electron chi connectivity index (χ1n) is 9.69. The normalized spacial score (nSPS) is 11.9. The Labute approximate surface area is 199 Å². The van der Waals surface area contributed by atoms with E-state index in [-0.39, 0.29) is 32.9 Å². The second-order valence-corrected chi connectivity index (χ2v) is 8.86. The number of aromatic nitrogens is 5. The molecule has 4 rings (SSSR count). The average Bonchev–Trinajstić information content (AvgIpc) is 3.39. The molecule has 0 atom stereocenters. The van der Waals surface area contributed by atoms with E-state index in [1.807, 2.05) is 0 Å². The van der Waals surface area contributed by atoms with E-state index >= 15 is 0 Å². The van der Waals surface area contributed by atoms with Gasteiger partial charge in [-0.2, -0.15) is 23.4 Å². The van der Waals surface area contributed by atoms with E-state index in [1.165, 1.54) is 21.8 Å². The highest BCUT2D eigenvalue weighted by Crippen LogP contribution is 2.44. The summed E-state index contributed by atoms with van der Waals surface area (Å²) < 4.78 is 43.7. The summed E-state index contributed by atoms with van der Waals surface area (Å²) in [6.45, 7) is 3.11. The van der Waals surface area contributed by atoms with Gasteiger partial charge >= 0.3 is 6.18 Å². The van der Waals surface area contributed by atoms with Gasteiger partial charge in [-0.3, -0.25) is 19.0 Å². The van der Waals surface area contributed by atoms with Crippen molar-refractivity contribution in [3.05, 3.63) is 45.4 Å². The maximum absolute atomic E-state index is 13.6. The van der Waals surface area contributed by atoms with Gasteiger partial charge in [0.1, 0.15) is 21.9 Å². The number of nitrogens with two attached hydrogens (primary N) is 1. The first-order chi connectivity index (χ1) is 15.9. The predicted molar refractivity (Wildman–Crippen MR) is 121 cm³/mol. The van der Waals surface area contributed by atoms with Crippen molar-refractivity contribution >= 4 is 50.7 Å². The van der Waals surface area contributed by atoms with Crippen LogP contribution in [-0.4, -0.2) is 36.4 Å². The van der Waals surface area contributed by atoms with E-state index in [1.54, 1.807) is 20.9 Å². The zero-order chi connectivity index (χ0) is 24.9. The van der Waals surface area contributed by atoms with E-state index in [0.717, 1.165) is 6.07 Å². The van der Waals surface area contributed by atoms with Crippen molar-refractivity contribution in [3.63, 3.8) is 0 Å². The van der Waals surface area contributed by atoms with Gasteiger partial charge in [-0.15, -0.1) is 11.3 Å². The molecule has 3 N–H and O–H groups in total. The summed E-state index contributed by atoms with van der Waals surface area (Å²) in [4.78, 5) is 28.5. The molecule has 0 aliphatic heterocycles. The lowest BCUT2D eigenvalue weighted by Gasteiger charge is -2.12. The Morgan fingerprint density at radius 1 is 1.18 bits per heavy atom. The fourth-order valence-corrected chi connectivity index (χ4v) is 4.56. The highest BCUT2D eigenvalue weighted by atomic mass is 35.5. The molecule has 4 aromatic rings. The maximum atomic E-state index is 13.6. The van der Waals surface area contributed by atoms with Crippen molar-refractivity contribution in [3.8, 4) is 11.1 Å². The number of fused-ring (bicyclic) bond motifs is 1. The number of alkyl halides is 3. The number of amides is 2. The van der Waals surface area contributed by atoms with E-state index < -0.39 is 23.7 Å². The zero-order valence-corrected chi connectivity index (χ0v) is 19.6. The van der Waals surface area contributed by atoms with Crippen LogP contribution in [0, 0.1) is 13.8 Å². The van der Waals surface area contributed by atoms with E-state index in [4.69, 9.17) is 17.3 Å². The number of halogens is 4. The number of pyridine rings is 1. The smallest absolute Gasteiger partial charge is 0.365 e. The number of thiophene rings is 1. The summed E-state index contributed by atoms with van der Waals surface area (Å²) in [5.74, 6) is -1.50. The van der Waals surface area contributed by atoms with Crippen molar-refractivity contribution < 1.29 is 22.8 Å². The van der Waals surface area contributed by atoms with Crippen LogP contribution in [0.2, 0.25) is 5.02 Å². The number of hydrogen-bond donors (Lipinski definition) is 2. The van der Waals surface area contributed by atoms with Crippen LogP contribution in [0.15, 0.2) is 18.5 Å². The summed E-state index contributed by atoms with van der Waals surface area (Å²) >= 11 is 6.64. The van der Waals surface area contributed by atoms with Crippen molar-refractivity contribution in [1.82, 2.24) is 24.5 Å². The molecular formula is C20H17ClF3N7O2S. The van der Waals surface area contributed by atoms with Crippen molar-refractivity contribution in [2.24, 2.45) is 12.8 Å². The molecule has 0 fully saturated rings. The Balaban J connectivity index is 1.92. The third kappa shape index (κ3) is 4.12. The number of carbonyl (C=O) groups is 2. The van der Waals surface area contributed by atoms with Crippen LogP contribution in [-0.2, 0) is 24.6 Å². The minimum absolute atomic E-state index is 0.0205. The van der Waals surface area contributed by atoms with Gasteiger partial charge in [-0.25, -0.2) is 4.98 Å². The summed E-state index contributed by atoms with van der Waals surface area (Å²) in [5.41, 5.74) is 5.96. The number of primary amides is 1. The molecule has 14 heteroatoms. The topological polar surface area (TPSA) is 121 Å². The van der Waals surface area contributed by atoms with Gasteiger partial charge in [0.25, 0.3) is 5.91 Å². The molecular weight excluding hydrogens is 495 g/mol. The number of carbonyl (C=O) groups excluding carboxylic acids is 2. The van der Waals surface area contributed by atoms with Crippen molar-refractivity contribution in [2.75, 3.05) is 5.32 Å². The van der Waals surface area contributed by atoms with Crippen LogP contribution in [0.3, 0.4) is 0 Å². The Kier molecular flexibility index (Phi) is 5.85. The highest BCUT2D eigenvalue weighted by molar-refractivity contribution is 7.21. The van der Waals surface area contributed by atoms with Gasteiger partial charge in [0.2, 0.25) is 5.91 Å². The number of nitrogens with one attached hydrogen (secondary N) is 1. The molecule has 0 aliphatic rings. The summed E-state index contributed by atoms with van der Waals surface area (Å²) in [6.07, 6.45) is -1.95. The minimum atomic E-state index is -4.74. The number of anilines is 1. The number of aryl methyl sites for hydroxylation is 1. The third-order valence-electron chi connectivity index (χ3n) is 5.30. The van der Waals surface area contributed by atoms with Crippen LogP contribution in [0.5, 0.6) is 0 Å². The van der Waals surface area contributed by atoms with Crippen LogP contribution < -0.4 is 11.1 Å². The molecule has 0 saturated heterocycles. The molecule has 0 saturated carbocycles. The quantitative estimate of drug-likeness (QED) is 0.420. The average molecular weight is 512 g/mol. The second kappa shape index (κ2) is 8.40. The van der Waals surface area contributed by atoms with Crippen LogP contribution >= 0.6 is 22.9 Å². The standard InChI is InChI=1S/C20H17ClF3N7O2S/c1-8-11(5-26-30(8)3)10-4-13(20(22,23)24)28-19-15(10)16(17(34-19)18(25)33)29-14(32)7-31-9(2)12(21)6-27-31/h4-6H,7H2,1-3H3,(H2,25,33)(H,29,32). The number of hydrogen-bond acceptors (Lipinski definition) is 6. The second-order valence-electron chi connectivity index (χ2n) is 7.45. The Morgan fingerprint density at radius 2 is 1.88 bits per heavy atom. The number of nitrogens with zero attached hydrogens (tertiary/aromatic N) is 5. The van der Waals surface area contributed by atoms with Crippen LogP contribution in [0.4, 0.5) is 18.9 Å². The van der Waals surface area contributed by atoms with Crippen LogP contribution in [0.25, 0.3) is 21.3 Å². The molecule has 4 aromatic heterocycles. The summed E-state index contributed by atoms with van der Waals surface area (Å²) in [5, 5.41) is 11.3. The lowest BCUT2D eigenvalue weighted by molar-refractivity contribution is -0.140. The zero-order valence-electron chi connectivity index (χ0n) is 18.0. The third-order valence-corrected chi connectivity index (χ3v) is 6.77. The van der Waals surface area contributed by atoms with Crippen LogP contribution in [0.1, 0.15) is 26.8 Å². The van der Waals surface area contributed by atoms with E-state index in [0.29, 0.717) is 33.3 Å². The molecule has 4 heterocycles. The SMILES string of the molecule is Cc1c(-c2cc(C(F)(F)F)nc3sc(C(N)=O)c(NC(=O)Cn4ncc(Cl)c4C)c23)cnn1C. The fraction of sp³-hybridized carbons (Fsp3) is 0.250. The molecule has 0 spiro atoms. The summed E-state index contributed by atoms with van der Waals surface area (Å²) in [7, 11) is 1.64. The van der Waals surface area contributed by atoms with Gasteiger partial charge in [-0.1, -0.05) is 11.6 Å². The Morgan fingerprint density at radius 3 is 2.41 bits per heavy atom. The lowest BCUT2D eigenvalue weighted by Crippen LogP contribution is -2.22. The molecule has 0 unspecified atom stereocenters. The number of rotatable bonds is 5. The first-order valence-corrected chi connectivity index (χ1v) is 10.9. The Hall–Kier alpha value is -3.45. The molecule has 9 nitrogen and oxygen atoms in total. The molecule has 0 bridgehead atoms. The van der Waals surface area contributed by atoms with Crippen molar-refractivity contribution in [1.29, 1.82) is 0 Å². The van der Waals surface area contributed by atoms with Crippen molar-refractivity contribution in [2.45, 2.75) is 26.6 Å². The lowest BCUT2D eigenvalue weighted by atomic mass is 10.0. The van der Waals surface area contributed by atoms with Gasteiger partial charge < -0.3 is 11.1 Å².